The maximum atomic E-state index is 12.7. The summed E-state index contributed by atoms with van der Waals surface area (Å²) in [5.74, 6) is 0.246. The maximum absolute atomic E-state index is 12.7. The van der Waals surface area contributed by atoms with E-state index in [4.69, 9.17) is 4.98 Å². The van der Waals surface area contributed by atoms with Crippen LogP contribution >= 0.6 is 0 Å². The predicted molar refractivity (Wildman–Crippen MR) is 104 cm³/mol. The fraction of sp³-hybridized carbons (Fsp3) is 0.318. The van der Waals surface area contributed by atoms with E-state index in [-0.39, 0.29) is 18.0 Å². The standard InChI is InChI=1S/C22H22N4O/c27-21-12-20(22(26(21)18-9-10-18)16-5-3-11-23-13-16)24-14-17-8-7-15-4-1-2-6-19(15)25-17/h1-8,11,13,18,20,22,24H,9-10,12,14H2/t20-,22+/m1/s1. The van der Waals surface area contributed by atoms with E-state index >= 15 is 0 Å². The van der Waals surface area contributed by atoms with E-state index in [1.165, 1.54) is 0 Å². The lowest BCUT2D eigenvalue weighted by molar-refractivity contribution is -0.129. The summed E-state index contributed by atoms with van der Waals surface area (Å²) < 4.78 is 0. The first-order valence-corrected chi connectivity index (χ1v) is 9.59. The monoisotopic (exact) mass is 358 g/mol. The van der Waals surface area contributed by atoms with Gasteiger partial charge in [-0.25, -0.2) is 0 Å². The van der Waals surface area contributed by atoms with Gasteiger partial charge in [0.25, 0.3) is 0 Å². The van der Waals surface area contributed by atoms with Crippen LogP contribution in [-0.2, 0) is 11.3 Å². The molecule has 0 unspecified atom stereocenters. The minimum atomic E-state index is 0.0548. The zero-order chi connectivity index (χ0) is 18.2. The van der Waals surface area contributed by atoms with Crippen molar-refractivity contribution in [3.8, 4) is 0 Å². The zero-order valence-electron chi connectivity index (χ0n) is 15.1. The molecule has 2 atom stereocenters. The van der Waals surface area contributed by atoms with Gasteiger partial charge in [0.1, 0.15) is 0 Å². The van der Waals surface area contributed by atoms with Crippen LogP contribution in [0.4, 0.5) is 0 Å². The molecule has 5 heteroatoms. The molecular weight excluding hydrogens is 336 g/mol. The van der Waals surface area contributed by atoms with Crippen molar-refractivity contribution in [3.05, 3.63) is 72.2 Å². The SMILES string of the molecule is O=C1C[C@@H](NCc2ccc3ccccc3n2)[C@H](c2cccnc2)N1C1CC1. The Morgan fingerprint density at radius 3 is 2.78 bits per heavy atom. The van der Waals surface area contributed by atoms with Crippen molar-refractivity contribution in [3.63, 3.8) is 0 Å². The molecule has 1 aliphatic heterocycles. The van der Waals surface area contributed by atoms with Crippen molar-refractivity contribution in [2.75, 3.05) is 0 Å². The smallest absolute Gasteiger partial charge is 0.225 e. The molecule has 3 heterocycles. The lowest BCUT2D eigenvalue weighted by Gasteiger charge is -2.29. The van der Waals surface area contributed by atoms with Gasteiger partial charge in [0.05, 0.1) is 17.3 Å². The molecule has 0 spiro atoms. The van der Waals surface area contributed by atoms with Crippen molar-refractivity contribution < 1.29 is 4.79 Å². The van der Waals surface area contributed by atoms with Crippen molar-refractivity contribution >= 4 is 16.8 Å². The number of aromatic nitrogens is 2. The van der Waals surface area contributed by atoms with Crippen LogP contribution in [0, 0.1) is 0 Å². The summed E-state index contributed by atoms with van der Waals surface area (Å²) in [5, 5.41) is 4.75. The van der Waals surface area contributed by atoms with Crippen LogP contribution in [0.1, 0.15) is 36.6 Å². The second-order valence-electron chi connectivity index (χ2n) is 7.45. The molecule has 3 aromatic rings. The van der Waals surface area contributed by atoms with E-state index in [2.05, 4.69) is 39.5 Å². The third-order valence-corrected chi connectivity index (χ3v) is 5.53. The lowest BCUT2D eigenvalue weighted by Crippen LogP contribution is -2.37. The number of hydrogen-bond donors (Lipinski definition) is 1. The van der Waals surface area contributed by atoms with Gasteiger partial charge in [-0.3, -0.25) is 14.8 Å². The largest absolute Gasteiger partial charge is 0.331 e. The molecule has 1 aromatic carbocycles. The van der Waals surface area contributed by atoms with Gasteiger partial charge in [0.2, 0.25) is 5.91 Å². The Morgan fingerprint density at radius 2 is 1.96 bits per heavy atom. The molecule has 0 bridgehead atoms. The molecule has 5 rings (SSSR count). The van der Waals surface area contributed by atoms with Crippen molar-refractivity contribution in [1.29, 1.82) is 0 Å². The fourth-order valence-electron chi connectivity index (χ4n) is 4.11. The van der Waals surface area contributed by atoms with Gasteiger partial charge in [-0.1, -0.05) is 30.3 Å². The molecule has 2 aromatic heterocycles. The van der Waals surface area contributed by atoms with Gasteiger partial charge in [-0.05, 0) is 36.6 Å². The van der Waals surface area contributed by atoms with E-state index in [0.29, 0.717) is 19.0 Å². The number of para-hydroxylation sites is 1. The number of hydrogen-bond acceptors (Lipinski definition) is 4. The number of benzene rings is 1. The fourth-order valence-corrected chi connectivity index (χ4v) is 4.11. The Labute approximate surface area is 158 Å². The van der Waals surface area contributed by atoms with Crippen molar-refractivity contribution in [1.82, 2.24) is 20.2 Å². The highest BCUT2D eigenvalue weighted by Gasteiger charge is 2.47. The van der Waals surface area contributed by atoms with Crippen LogP contribution < -0.4 is 5.32 Å². The molecule has 1 saturated carbocycles. The first-order valence-electron chi connectivity index (χ1n) is 9.59. The highest BCUT2D eigenvalue weighted by atomic mass is 16.2. The Balaban J connectivity index is 1.38. The maximum Gasteiger partial charge on any atom is 0.225 e. The molecule has 136 valence electrons. The second-order valence-corrected chi connectivity index (χ2v) is 7.45. The summed E-state index contributed by atoms with van der Waals surface area (Å²) in [6.45, 7) is 0.651. The molecule has 5 nitrogen and oxygen atoms in total. The van der Waals surface area contributed by atoms with Crippen molar-refractivity contribution in [2.45, 2.75) is 43.9 Å². The summed E-state index contributed by atoms with van der Waals surface area (Å²) in [6, 6.07) is 16.9. The number of carbonyl (C=O) groups is 1. The average Bonchev–Trinajstić information content (AvgIpc) is 3.49. The Hall–Kier alpha value is -2.79. The van der Waals surface area contributed by atoms with Crippen LogP contribution in [0.2, 0.25) is 0 Å². The Morgan fingerprint density at radius 1 is 1.07 bits per heavy atom. The second kappa shape index (κ2) is 6.74. The van der Waals surface area contributed by atoms with Crippen LogP contribution in [0.15, 0.2) is 60.9 Å². The quantitative estimate of drug-likeness (QED) is 0.761. The number of amides is 1. The van der Waals surface area contributed by atoms with Crippen LogP contribution in [-0.4, -0.2) is 32.9 Å². The van der Waals surface area contributed by atoms with E-state index in [1.807, 2.05) is 30.5 Å². The molecule has 2 aliphatic rings. The number of likely N-dealkylation sites (tertiary alicyclic amines) is 1. The third kappa shape index (κ3) is 3.19. The molecular formula is C22H22N4O. The topological polar surface area (TPSA) is 58.1 Å². The van der Waals surface area contributed by atoms with Crippen molar-refractivity contribution in [2.24, 2.45) is 0 Å². The van der Waals surface area contributed by atoms with Crippen LogP contribution in [0.5, 0.6) is 0 Å². The van der Waals surface area contributed by atoms with E-state index < -0.39 is 0 Å². The van der Waals surface area contributed by atoms with E-state index in [9.17, 15) is 4.79 Å². The molecule has 1 N–H and O–H groups in total. The first-order chi connectivity index (χ1) is 13.3. The number of carbonyl (C=O) groups excluding carboxylic acids is 1. The van der Waals surface area contributed by atoms with Gasteiger partial charge < -0.3 is 10.2 Å². The molecule has 0 radical (unpaired) electrons. The number of nitrogens with zero attached hydrogens (tertiary/aromatic N) is 3. The summed E-state index contributed by atoms with van der Waals surface area (Å²) >= 11 is 0. The zero-order valence-corrected chi connectivity index (χ0v) is 15.1. The minimum absolute atomic E-state index is 0.0548. The minimum Gasteiger partial charge on any atom is -0.331 e. The molecule has 1 aliphatic carbocycles. The normalized spacial score (nSPS) is 22.5. The van der Waals surface area contributed by atoms with E-state index in [1.54, 1.807) is 6.20 Å². The first kappa shape index (κ1) is 16.4. The highest BCUT2D eigenvalue weighted by Crippen LogP contribution is 2.41. The predicted octanol–water partition coefficient (Wildman–Crippen LogP) is 3.22. The summed E-state index contributed by atoms with van der Waals surface area (Å²) in [4.78, 5) is 23.8. The van der Waals surface area contributed by atoms with Gasteiger partial charge >= 0.3 is 0 Å². The number of fused-ring (bicyclic) bond motifs is 1. The Kier molecular flexibility index (Phi) is 4.09. The van der Waals surface area contributed by atoms with Crippen LogP contribution in [0.3, 0.4) is 0 Å². The summed E-state index contributed by atoms with van der Waals surface area (Å²) in [6.07, 6.45) is 6.43. The van der Waals surface area contributed by atoms with Gasteiger partial charge in [0, 0.05) is 42.8 Å². The van der Waals surface area contributed by atoms with E-state index in [0.717, 1.165) is 35.0 Å². The van der Waals surface area contributed by atoms with Gasteiger partial charge in [-0.15, -0.1) is 0 Å². The lowest BCUT2D eigenvalue weighted by atomic mass is 10.0. The highest BCUT2D eigenvalue weighted by molar-refractivity contribution is 5.81. The third-order valence-electron chi connectivity index (χ3n) is 5.53. The number of nitrogens with one attached hydrogen (secondary N) is 1. The van der Waals surface area contributed by atoms with Gasteiger partial charge in [-0.2, -0.15) is 0 Å². The van der Waals surface area contributed by atoms with Crippen LogP contribution in [0.25, 0.3) is 10.9 Å². The summed E-state index contributed by atoms with van der Waals surface area (Å²) in [5.41, 5.74) is 3.11. The molecule has 1 amide bonds. The molecule has 27 heavy (non-hydrogen) atoms. The van der Waals surface area contributed by atoms with Gasteiger partial charge in [0.15, 0.2) is 0 Å². The summed E-state index contributed by atoms with van der Waals surface area (Å²) in [7, 11) is 0. The number of pyridine rings is 2. The molecule has 2 fully saturated rings. The average molecular weight is 358 g/mol. The molecule has 1 saturated heterocycles. The Bertz CT molecular complexity index is 970. The number of rotatable bonds is 5.